The second-order valence-electron chi connectivity index (χ2n) is 6.47. The molecule has 24 heavy (non-hydrogen) atoms. The second-order valence-corrected chi connectivity index (χ2v) is 6.47. The Hall–Kier alpha value is -2.62. The highest BCUT2D eigenvalue weighted by Gasteiger charge is 2.21. The number of benzene rings is 1. The number of anilines is 1. The van der Waals surface area contributed by atoms with Gasteiger partial charge in [-0.1, -0.05) is 12.1 Å². The Balaban J connectivity index is 1.66. The second kappa shape index (κ2) is 6.11. The van der Waals surface area contributed by atoms with Gasteiger partial charge in [-0.15, -0.1) is 0 Å². The molecule has 0 spiro atoms. The number of hydrogen-bond acceptors (Lipinski definition) is 4. The zero-order valence-electron chi connectivity index (χ0n) is 14.1. The van der Waals surface area contributed by atoms with Gasteiger partial charge in [-0.25, -0.2) is 4.98 Å². The van der Waals surface area contributed by atoms with Gasteiger partial charge in [0.15, 0.2) is 0 Å². The Morgan fingerprint density at radius 1 is 1.08 bits per heavy atom. The van der Waals surface area contributed by atoms with E-state index >= 15 is 0 Å². The highest BCUT2D eigenvalue weighted by atomic mass is 16.4. The number of rotatable bonds is 2. The Morgan fingerprint density at radius 2 is 1.92 bits per heavy atom. The summed E-state index contributed by atoms with van der Waals surface area (Å²) < 4.78 is 6.00. The van der Waals surface area contributed by atoms with Crippen molar-refractivity contribution < 1.29 is 4.42 Å². The van der Waals surface area contributed by atoms with E-state index in [1.165, 1.54) is 16.8 Å². The molecule has 3 heterocycles. The number of nitrogens with zero attached hydrogens (tertiary/aromatic N) is 3. The summed E-state index contributed by atoms with van der Waals surface area (Å²) in [5, 5.41) is 0. The van der Waals surface area contributed by atoms with Crippen molar-refractivity contribution in [1.29, 1.82) is 0 Å². The van der Waals surface area contributed by atoms with Gasteiger partial charge in [0.25, 0.3) is 0 Å². The van der Waals surface area contributed by atoms with Gasteiger partial charge < -0.3 is 9.32 Å². The van der Waals surface area contributed by atoms with Gasteiger partial charge in [0.05, 0.1) is 6.54 Å². The molecule has 4 nitrogen and oxygen atoms in total. The summed E-state index contributed by atoms with van der Waals surface area (Å²) >= 11 is 0. The fourth-order valence-corrected chi connectivity index (χ4v) is 3.34. The van der Waals surface area contributed by atoms with E-state index in [9.17, 15) is 0 Å². The Labute approximate surface area is 142 Å². The van der Waals surface area contributed by atoms with Crippen molar-refractivity contribution in [1.82, 2.24) is 9.97 Å². The zero-order valence-corrected chi connectivity index (χ0v) is 14.1. The first kappa shape index (κ1) is 14.9. The van der Waals surface area contributed by atoms with Gasteiger partial charge in [0, 0.05) is 24.8 Å². The van der Waals surface area contributed by atoms with Gasteiger partial charge in [-0.05, 0) is 55.7 Å². The van der Waals surface area contributed by atoms with Crippen LogP contribution in [0.4, 0.5) is 5.69 Å². The standard InChI is InChI=1S/C20H21N3O/c1-14-10-15(2)12-16(11-14)23-9-5-7-19-18(13-23)22-20(24-19)17-6-3-4-8-21-17/h3-4,6,8,10-12H,5,7,9,13H2,1-2H3. The van der Waals surface area contributed by atoms with Gasteiger partial charge in [0.1, 0.15) is 17.1 Å². The SMILES string of the molecule is Cc1cc(C)cc(N2CCCc3oc(-c4ccccn4)nc3C2)c1. The van der Waals surface area contributed by atoms with Crippen LogP contribution in [0.25, 0.3) is 11.6 Å². The minimum Gasteiger partial charge on any atom is -0.440 e. The quantitative estimate of drug-likeness (QED) is 0.706. The van der Waals surface area contributed by atoms with Crippen LogP contribution in [0.3, 0.4) is 0 Å². The lowest BCUT2D eigenvalue weighted by atomic mass is 10.1. The molecule has 0 radical (unpaired) electrons. The predicted octanol–water partition coefficient (Wildman–Crippen LogP) is 4.31. The summed E-state index contributed by atoms with van der Waals surface area (Å²) in [6.45, 7) is 6.10. The highest BCUT2D eigenvalue weighted by Crippen LogP contribution is 2.28. The molecule has 122 valence electrons. The molecular formula is C20H21N3O. The smallest absolute Gasteiger partial charge is 0.245 e. The summed E-state index contributed by atoms with van der Waals surface area (Å²) in [5.74, 6) is 1.63. The van der Waals surface area contributed by atoms with E-state index < -0.39 is 0 Å². The summed E-state index contributed by atoms with van der Waals surface area (Å²) in [7, 11) is 0. The van der Waals surface area contributed by atoms with Crippen molar-refractivity contribution >= 4 is 5.69 Å². The van der Waals surface area contributed by atoms with E-state index in [2.05, 4.69) is 41.9 Å². The van der Waals surface area contributed by atoms with Crippen LogP contribution in [0.15, 0.2) is 47.0 Å². The molecule has 2 aromatic heterocycles. The molecule has 4 rings (SSSR count). The summed E-state index contributed by atoms with van der Waals surface area (Å²) in [6.07, 6.45) is 3.76. The molecule has 0 atom stereocenters. The average molecular weight is 319 g/mol. The minimum absolute atomic E-state index is 0.628. The average Bonchev–Trinajstić information content (AvgIpc) is 2.86. The van der Waals surface area contributed by atoms with Gasteiger partial charge in [-0.2, -0.15) is 0 Å². The van der Waals surface area contributed by atoms with E-state index in [1.54, 1.807) is 6.20 Å². The maximum Gasteiger partial charge on any atom is 0.245 e. The van der Waals surface area contributed by atoms with Gasteiger partial charge in [-0.3, -0.25) is 4.98 Å². The normalized spacial score (nSPS) is 14.3. The first-order valence-electron chi connectivity index (χ1n) is 8.42. The molecule has 4 heteroatoms. The van der Waals surface area contributed by atoms with Crippen LogP contribution in [0.2, 0.25) is 0 Å². The van der Waals surface area contributed by atoms with E-state index in [0.29, 0.717) is 5.89 Å². The van der Waals surface area contributed by atoms with Crippen LogP contribution < -0.4 is 4.90 Å². The predicted molar refractivity (Wildman–Crippen MR) is 95.0 cm³/mol. The molecule has 0 amide bonds. The molecule has 0 aliphatic carbocycles. The monoisotopic (exact) mass is 319 g/mol. The zero-order chi connectivity index (χ0) is 16.5. The number of fused-ring (bicyclic) bond motifs is 1. The fourth-order valence-electron chi connectivity index (χ4n) is 3.34. The maximum absolute atomic E-state index is 6.00. The number of aryl methyl sites for hydroxylation is 3. The molecular weight excluding hydrogens is 298 g/mol. The van der Waals surface area contributed by atoms with Crippen molar-refractivity contribution in [3.8, 4) is 11.6 Å². The number of pyridine rings is 1. The molecule has 0 unspecified atom stereocenters. The summed E-state index contributed by atoms with van der Waals surface area (Å²) in [4.78, 5) is 11.5. The fraction of sp³-hybridized carbons (Fsp3) is 0.300. The van der Waals surface area contributed by atoms with E-state index in [-0.39, 0.29) is 0 Å². The number of aromatic nitrogens is 2. The summed E-state index contributed by atoms with van der Waals surface area (Å²) in [5.41, 5.74) is 5.69. The topological polar surface area (TPSA) is 42.2 Å². The van der Waals surface area contributed by atoms with Crippen LogP contribution in [-0.2, 0) is 13.0 Å². The molecule has 0 fully saturated rings. The third kappa shape index (κ3) is 2.92. The van der Waals surface area contributed by atoms with Crippen molar-refractivity contribution in [2.24, 2.45) is 0 Å². The first-order valence-corrected chi connectivity index (χ1v) is 8.42. The highest BCUT2D eigenvalue weighted by molar-refractivity contribution is 5.52. The van der Waals surface area contributed by atoms with Crippen LogP contribution in [0.5, 0.6) is 0 Å². The largest absolute Gasteiger partial charge is 0.440 e. The molecule has 0 bridgehead atoms. The summed E-state index contributed by atoms with van der Waals surface area (Å²) in [6, 6.07) is 12.5. The number of hydrogen-bond donors (Lipinski definition) is 0. The van der Waals surface area contributed by atoms with Crippen LogP contribution in [0.1, 0.15) is 29.0 Å². The van der Waals surface area contributed by atoms with Crippen molar-refractivity contribution in [2.75, 3.05) is 11.4 Å². The molecule has 1 aliphatic rings. The lowest BCUT2D eigenvalue weighted by Crippen LogP contribution is -2.23. The molecule has 1 aromatic carbocycles. The Morgan fingerprint density at radius 3 is 2.67 bits per heavy atom. The van der Waals surface area contributed by atoms with E-state index in [4.69, 9.17) is 9.40 Å². The molecule has 1 aliphatic heterocycles. The molecule has 3 aromatic rings. The lowest BCUT2D eigenvalue weighted by Gasteiger charge is -2.23. The third-order valence-corrected chi connectivity index (χ3v) is 4.41. The van der Waals surface area contributed by atoms with Crippen molar-refractivity contribution in [3.05, 3.63) is 65.2 Å². The minimum atomic E-state index is 0.628. The Bertz CT molecular complexity index is 834. The van der Waals surface area contributed by atoms with E-state index in [0.717, 1.165) is 43.1 Å². The van der Waals surface area contributed by atoms with Crippen molar-refractivity contribution in [2.45, 2.75) is 33.2 Å². The van der Waals surface area contributed by atoms with Crippen LogP contribution in [0, 0.1) is 13.8 Å². The first-order chi connectivity index (χ1) is 11.7. The number of oxazole rings is 1. The third-order valence-electron chi connectivity index (χ3n) is 4.41. The Kier molecular flexibility index (Phi) is 3.81. The van der Waals surface area contributed by atoms with Crippen LogP contribution in [-0.4, -0.2) is 16.5 Å². The van der Waals surface area contributed by atoms with Crippen LogP contribution >= 0.6 is 0 Å². The van der Waals surface area contributed by atoms with Gasteiger partial charge in [0.2, 0.25) is 5.89 Å². The van der Waals surface area contributed by atoms with E-state index in [1.807, 2.05) is 18.2 Å². The molecule has 0 saturated carbocycles. The molecule has 0 N–H and O–H groups in total. The maximum atomic E-state index is 6.00. The lowest BCUT2D eigenvalue weighted by molar-refractivity contribution is 0.511. The van der Waals surface area contributed by atoms with Crippen molar-refractivity contribution in [3.63, 3.8) is 0 Å². The molecule has 0 saturated heterocycles. The van der Waals surface area contributed by atoms with Gasteiger partial charge >= 0.3 is 0 Å².